The van der Waals surface area contributed by atoms with Gasteiger partial charge in [0.05, 0.1) is 22.8 Å². The lowest BCUT2D eigenvalue weighted by molar-refractivity contribution is -0.192. The highest BCUT2D eigenvalue weighted by Gasteiger charge is 2.38. The molecule has 166 valence electrons. The number of hydrogen-bond acceptors (Lipinski definition) is 5. The predicted molar refractivity (Wildman–Crippen MR) is 109 cm³/mol. The first-order chi connectivity index (χ1) is 15.2. The third-order valence-corrected chi connectivity index (χ3v) is 4.76. The summed E-state index contributed by atoms with van der Waals surface area (Å²) in [4.78, 5) is 36.3. The molecular weight excluding hydrogens is 449 g/mol. The van der Waals surface area contributed by atoms with Crippen molar-refractivity contribution in [3.8, 4) is 11.1 Å². The molecule has 4 heterocycles. The quantitative estimate of drug-likeness (QED) is 0.626. The molecule has 11 heteroatoms. The van der Waals surface area contributed by atoms with Gasteiger partial charge in [-0.05, 0) is 41.5 Å². The zero-order valence-electron chi connectivity index (χ0n) is 16.4. The zero-order valence-corrected chi connectivity index (χ0v) is 17.1. The van der Waals surface area contributed by atoms with E-state index >= 15 is 0 Å². The molecular formula is C21H16ClF3N4O3. The third-order valence-electron chi connectivity index (χ3n) is 4.53. The van der Waals surface area contributed by atoms with Crippen LogP contribution in [0.15, 0.2) is 55.1 Å². The van der Waals surface area contributed by atoms with E-state index in [4.69, 9.17) is 21.5 Å². The summed E-state index contributed by atoms with van der Waals surface area (Å²) in [5.74, 6) is -2.74. The van der Waals surface area contributed by atoms with Gasteiger partial charge in [-0.25, -0.2) is 4.79 Å². The molecule has 4 rings (SSSR count). The molecule has 0 aromatic carbocycles. The minimum Gasteiger partial charge on any atom is -0.475 e. The number of fused-ring (bicyclic) bond motifs is 1. The Morgan fingerprint density at radius 3 is 2.38 bits per heavy atom. The number of carboxylic acid groups (broad SMARTS) is 1. The number of pyridine rings is 3. The van der Waals surface area contributed by atoms with Gasteiger partial charge in [0, 0.05) is 43.4 Å². The Morgan fingerprint density at radius 2 is 1.78 bits per heavy atom. The second kappa shape index (κ2) is 9.73. The molecule has 7 nitrogen and oxygen atoms in total. The lowest BCUT2D eigenvalue weighted by Gasteiger charge is -2.15. The maximum absolute atomic E-state index is 12.9. The van der Waals surface area contributed by atoms with E-state index in [2.05, 4.69) is 15.0 Å². The van der Waals surface area contributed by atoms with Crippen molar-refractivity contribution in [2.24, 2.45) is 0 Å². The molecule has 1 aliphatic rings. The highest BCUT2D eigenvalue weighted by Crippen LogP contribution is 2.31. The van der Waals surface area contributed by atoms with Crippen LogP contribution in [0.3, 0.4) is 0 Å². The molecule has 0 saturated carbocycles. The van der Waals surface area contributed by atoms with Crippen LogP contribution in [-0.4, -0.2) is 49.6 Å². The number of nitrogens with zero attached hydrogens (tertiary/aromatic N) is 4. The predicted octanol–water partition coefficient (Wildman–Crippen LogP) is 4.02. The normalized spacial score (nSPS) is 12.8. The number of carbonyl (C=O) groups excluding carboxylic acids is 1. The minimum atomic E-state index is -5.08. The van der Waals surface area contributed by atoms with E-state index in [0.29, 0.717) is 30.1 Å². The fourth-order valence-electron chi connectivity index (χ4n) is 3.03. The zero-order chi connectivity index (χ0) is 23.3. The highest BCUT2D eigenvalue weighted by atomic mass is 35.5. The number of alkyl halides is 3. The summed E-state index contributed by atoms with van der Waals surface area (Å²) < 4.78 is 31.7. The average Bonchev–Trinajstić information content (AvgIpc) is 3.09. The SMILES string of the molecule is O=C(O)C(F)(F)F.O=C1c2c(-c3ccncc3)ccnc2CN1CCc1ccc(Cl)cn1. The second-order valence-corrected chi connectivity index (χ2v) is 7.10. The summed E-state index contributed by atoms with van der Waals surface area (Å²) in [6, 6.07) is 9.40. The molecule has 0 unspecified atom stereocenters. The largest absolute Gasteiger partial charge is 0.490 e. The number of aliphatic carboxylic acids is 1. The minimum absolute atomic E-state index is 0.0175. The standard InChI is InChI=1S/C19H15ClN4O.C2HF3O2/c20-14-1-2-15(23-11-14)6-10-24-12-17-18(19(24)25)16(5-9-22-17)13-3-7-21-8-4-13;3-2(4,5)1(6)7/h1-5,7-9,11H,6,10,12H2;(H,6,7). The molecule has 0 aliphatic carbocycles. The molecule has 0 atom stereocenters. The molecule has 3 aromatic rings. The molecule has 0 saturated heterocycles. The van der Waals surface area contributed by atoms with Crippen molar-refractivity contribution in [1.29, 1.82) is 0 Å². The number of aromatic nitrogens is 3. The molecule has 32 heavy (non-hydrogen) atoms. The number of halogens is 4. The Kier molecular flexibility index (Phi) is 7.04. The van der Waals surface area contributed by atoms with Crippen molar-refractivity contribution < 1.29 is 27.9 Å². The Bertz CT molecular complexity index is 1110. The monoisotopic (exact) mass is 464 g/mol. The van der Waals surface area contributed by atoms with E-state index in [1.54, 1.807) is 24.8 Å². The lowest BCUT2D eigenvalue weighted by atomic mass is 10.0. The van der Waals surface area contributed by atoms with E-state index in [-0.39, 0.29) is 5.91 Å². The summed E-state index contributed by atoms with van der Waals surface area (Å²) in [6.07, 6.45) is 2.44. The van der Waals surface area contributed by atoms with Crippen LogP contribution in [0.2, 0.25) is 5.02 Å². The van der Waals surface area contributed by atoms with Crippen LogP contribution in [0.25, 0.3) is 11.1 Å². The fourth-order valence-corrected chi connectivity index (χ4v) is 3.14. The second-order valence-electron chi connectivity index (χ2n) is 6.66. The summed E-state index contributed by atoms with van der Waals surface area (Å²) >= 11 is 5.86. The summed E-state index contributed by atoms with van der Waals surface area (Å²) in [7, 11) is 0. The van der Waals surface area contributed by atoms with Crippen molar-refractivity contribution in [3.63, 3.8) is 0 Å². The molecule has 0 fully saturated rings. The maximum atomic E-state index is 12.9. The van der Waals surface area contributed by atoms with Gasteiger partial charge in [-0.15, -0.1) is 0 Å². The maximum Gasteiger partial charge on any atom is 0.490 e. The van der Waals surface area contributed by atoms with Gasteiger partial charge in [0.15, 0.2) is 0 Å². The molecule has 0 spiro atoms. The summed E-state index contributed by atoms with van der Waals surface area (Å²) in [5.41, 5.74) is 4.31. The van der Waals surface area contributed by atoms with E-state index in [0.717, 1.165) is 22.5 Å². The summed E-state index contributed by atoms with van der Waals surface area (Å²) in [6.45, 7) is 1.13. The van der Waals surface area contributed by atoms with Crippen LogP contribution < -0.4 is 0 Å². The van der Waals surface area contributed by atoms with Gasteiger partial charge in [0.1, 0.15) is 0 Å². The van der Waals surface area contributed by atoms with Crippen LogP contribution in [0, 0.1) is 0 Å². The molecule has 1 N–H and O–H groups in total. The highest BCUT2D eigenvalue weighted by molar-refractivity contribution is 6.30. The van der Waals surface area contributed by atoms with Gasteiger partial charge in [0.2, 0.25) is 0 Å². The van der Waals surface area contributed by atoms with Gasteiger partial charge in [0.25, 0.3) is 5.91 Å². The molecule has 0 radical (unpaired) electrons. The van der Waals surface area contributed by atoms with Crippen LogP contribution in [0.5, 0.6) is 0 Å². The topological polar surface area (TPSA) is 96.3 Å². The molecule has 0 bridgehead atoms. The van der Waals surface area contributed by atoms with Crippen molar-refractivity contribution in [2.45, 2.75) is 19.1 Å². The van der Waals surface area contributed by atoms with E-state index < -0.39 is 12.1 Å². The van der Waals surface area contributed by atoms with Crippen molar-refractivity contribution in [3.05, 3.63) is 77.1 Å². The number of hydrogen-bond donors (Lipinski definition) is 1. The number of rotatable bonds is 4. The Morgan fingerprint density at radius 1 is 1.09 bits per heavy atom. The molecule has 3 aromatic heterocycles. The Labute approximate surface area is 185 Å². The van der Waals surface area contributed by atoms with Crippen molar-refractivity contribution >= 4 is 23.5 Å². The third kappa shape index (κ3) is 5.58. The van der Waals surface area contributed by atoms with Gasteiger partial charge < -0.3 is 10.0 Å². The lowest BCUT2D eigenvalue weighted by Crippen LogP contribution is -2.26. The van der Waals surface area contributed by atoms with Crippen LogP contribution >= 0.6 is 11.6 Å². The first-order valence-corrected chi connectivity index (χ1v) is 9.62. The van der Waals surface area contributed by atoms with Gasteiger partial charge in [-0.1, -0.05) is 11.6 Å². The van der Waals surface area contributed by atoms with Gasteiger partial charge >= 0.3 is 12.1 Å². The average molecular weight is 465 g/mol. The molecule has 1 amide bonds. The van der Waals surface area contributed by atoms with Gasteiger partial charge in [-0.2, -0.15) is 13.2 Å². The van der Waals surface area contributed by atoms with Crippen LogP contribution in [-0.2, 0) is 17.8 Å². The Hall–Kier alpha value is -3.53. The van der Waals surface area contributed by atoms with Crippen LogP contribution in [0.4, 0.5) is 13.2 Å². The Balaban J connectivity index is 0.000000360. The van der Waals surface area contributed by atoms with E-state index in [1.807, 2.05) is 35.2 Å². The first kappa shape index (κ1) is 23.1. The number of amides is 1. The van der Waals surface area contributed by atoms with Gasteiger partial charge in [-0.3, -0.25) is 19.7 Å². The smallest absolute Gasteiger partial charge is 0.475 e. The summed E-state index contributed by atoms with van der Waals surface area (Å²) in [5, 5.41) is 7.74. The number of carboxylic acids is 1. The number of carbonyl (C=O) groups is 2. The molecule has 1 aliphatic heterocycles. The van der Waals surface area contributed by atoms with Crippen molar-refractivity contribution in [2.75, 3.05) is 6.54 Å². The fraction of sp³-hybridized carbons (Fsp3) is 0.190. The van der Waals surface area contributed by atoms with E-state index in [9.17, 15) is 18.0 Å². The van der Waals surface area contributed by atoms with Crippen LogP contribution in [0.1, 0.15) is 21.7 Å². The first-order valence-electron chi connectivity index (χ1n) is 9.25. The van der Waals surface area contributed by atoms with Crippen molar-refractivity contribution in [1.82, 2.24) is 19.9 Å². The van der Waals surface area contributed by atoms with E-state index in [1.165, 1.54) is 0 Å².